The molecule has 2 atom stereocenters. The first kappa shape index (κ1) is 16.7. The molecule has 0 saturated heterocycles. The van der Waals surface area contributed by atoms with Crippen molar-refractivity contribution in [3.63, 3.8) is 0 Å². The molecule has 2 saturated carbocycles. The van der Waals surface area contributed by atoms with Crippen LogP contribution in [-0.4, -0.2) is 35.7 Å². The molecule has 122 valence electrons. The fourth-order valence-corrected chi connectivity index (χ4v) is 3.36. The highest BCUT2D eigenvalue weighted by Gasteiger charge is 2.50. The van der Waals surface area contributed by atoms with Crippen LogP contribution < -0.4 is 0 Å². The van der Waals surface area contributed by atoms with Crippen LogP contribution in [0.3, 0.4) is 0 Å². The molecule has 0 amide bonds. The molecule has 0 aromatic rings. The number of rotatable bonds is 7. The van der Waals surface area contributed by atoms with E-state index in [1.165, 1.54) is 18.6 Å². The number of ether oxygens (including phenoxy) is 2. The van der Waals surface area contributed by atoms with E-state index in [-0.39, 0.29) is 11.3 Å². The van der Waals surface area contributed by atoms with Gasteiger partial charge in [0.1, 0.15) is 0 Å². The van der Waals surface area contributed by atoms with Gasteiger partial charge in [0.15, 0.2) is 13.6 Å². The summed E-state index contributed by atoms with van der Waals surface area (Å²) in [4.78, 5) is 22.7. The van der Waals surface area contributed by atoms with Crippen molar-refractivity contribution in [1.29, 1.82) is 0 Å². The van der Waals surface area contributed by atoms with Crippen molar-refractivity contribution in [2.45, 2.75) is 32.1 Å². The van der Waals surface area contributed by atoms with Gasteiger partial charge in [-0.05, 0) is 42.9 Å². The highest BCUT2D eigenvalue weighted by atomic mass is 16.6. The van der Waals surface area contributed by atoms with E-state index in [1.54, 1.807) is 0 Å². The molecule has 6 heteroatoms. The number of hydrogen-bond acceptors (Lipinski definition) is 6. The lowest BCUT2D eigenvalue weighted by Gasteiger charge is -2.55. The highest BCUT2D eigenvalue weighted by molar-refractivity contribution is 5.82. The Labute approximate surface area is 129 Å². The number of hydrogen-bond donors (Lipinski definition) is 2. The van der Waals surface area contributed by atoms with E-state index in [2.05, 4.69) is 9.47 Å². The van der Waals surface area contributed by atoms with Gasteiger partial charge in [0.2, 0.25) is 0 Å². The number of carbonyl (C=O) groups is 2. The first-order chi connectivity index (χ1) is 10.6. The minimum Gasteiger partial charge on any atom is -0.436 e. The third-order valence-corrected chi connectivity index (χ3v) is 4.85. The molecule has 2 aliphatic carbocycles. The molecular formula is C16H22O6. The van der Waals surface area contributed by atoms with Crippen LogP contribution in [0.2, 0.25) is 0 Å². The second-order valence-corrected chi connectivity index (χ2v) is 5.76. The molecule has 0 aromatic carbocycles. The summed E-state index contributed by atoms with van der Waals surface area (Å²) in [7, 11) is 0. The van der Waals surface area contributed by atoms with Gasteiger partial charge >= 0.3 is 11.9 Å². The Bertz CT molecular complexity index is 465. The average molecular weight is 310 g/mol. The fraction of sp³-hybridized carbons (Fsp3) is 0.625. The lowest BCUT2D eigenvalue weighted by atomic mass is 9.49. The van der Waals surface area contributed by atoms with Crippen molar-refractivity contribution in [3.05, 3.63) is 24.3 Å². The van der Waals surface area contributed by atoms with Crippen LogP contribution in [0.15, 0.2) is 24.3 Å². The lowest BCUT2D eigenvalue weighted by Crippen LogP contribution is -2.46. The van der Waals surface area contributed by atoms with Crippen molar-refractivity contribution < 1.29 is 29.3 Å². The van der Waals surface area contributed by atoms with E-state index in [0.29, 0.717) is 5.92 Å². The zero-order valence-corrected chi connectivity index (χ0v) is 12.4. The van der Waals surface area contributed by atoms with E-state index >= 15 is 0 Å². The Balaban J connectivity index is 2.06. The van der Waals surface area contributed by atoms with Gasteiger partial charge in [-0.25, -0.2) is 9.59 Å². The summed E-state index contributed by atoms with van der Waals surface area (Å²) in [5, 5.41) is 17.1. The average Bonchev–Trinajstić information content (AvgIpc) is 2.40. The Morgan fingerprint density at radius 2 is 1.68 bits per heavy atom. The van der Waals surface area contributed by atoms with Crippen LogP contribution in [0.25, 0.3) is 0 Å². The maximum absolute atomic E-state index is 11.4. The summed E-state index contributed by atoms with van der Waals surface area (Å²) >= 11 is 0. The van der Waals surface area contributed by atoms with Crippen LogP contribution in [-0.2, 0) is 19.1 Å². The molecule has 0 bridgehead atoms. The van der Waals surface area contributed by atoms with Crippen molar-refractivity contribution >= 4 is 11.9 Å². The van der Waals surface area contributed by atoms with Gasteiger partial charge in [-0.3, -0.25) is 0 Å². The number of aliphatic hydroxyl groups is 2. The third kappa shape index (κ3) is 3.56. The maximum Gasteiger partial charge on any atom is 0.332 e. The van der Waals surface area contributed by atoms with Crippen LogP contribution >= 0.6 is 0 Å². The molecule has 0 heterocycles. The molecule has 2 aliphatic rings. The van der Waals surface area contributed by atoms with Gasteiger partial charge in [0, 0.05) is 12.2 Å². The molecular weight excluding hydrogens is 288 g/mol. The first-order valence-electron chi connectivity index (χ1n) is 7.55. The van der Waals surface area contributed by atoms with Crippen LogP contribution in [0.5, 0.6) is 0 Å². The Morgan fingerprint density at radius 1 is 1.05 bits per heavy atom. The van der Waals surface area contributed by atoms with E-state index < -0.39 is 25.5 Å². The number of aliphatic hydroxyl groups excluding tert-OH is 2. The van der Waals surface area contributed by atoms with Gasteiger partial charge in [0.25, 0.3) is 0 Å². The monoisotopic (exact) mass is 310 g/mol. The summed E-state index contributed by atoms with van der Waals surface area (Å²) in [6.07, 6.45) is 11.7. The quantitative estimate of drug-likeness (QED) is 0.418. The normalized spacial score (nSPS) is 28.4. The topological polar surface area (TPSA) is 93.1 Å². The molecule has 0 aromatic heterocycles. The van der Waals surface area contributed by atoms with E-state index in [9.17, 15) is 9.59 Å². The van der Waals surface area contributed by atoms with E-state index in [0.717, 1.165) is 25.7 Å². The molecule has 22 heavy (non-hydrogen) atoms. The third-order valence-electron chi connectivity index (χ3n) is 4.85. The van der Waals surface area contributed by atoms with Gasteiger partial charge in [-0.2, -0.15) is 0 Å². The molecule has 2 rings (SSSR count). The first-order valence-corrected chi connectivity index (χ1v) is 7.55. The zero-order valence-electron chi connectivity index (χ0n) is 12.4. The fourth-order valence-electron chi connectivity index (χ4n) is 3.36. The predicted octanol–water partition coefficient (Wildman–Crippen LogP) is 1.28. The summed E-state index contributed by atoms with van der Waals surface area (Å²) in [6, 6.07) is 0. The minimum absolute atomic E-state index is 0.122. The van der Waals surface area contributed by atoms with Crippen LogP contribution in [0.1, 0.15) is 32.1 Å². The largest absolute Gasteiger partial charge is 0.436 e. The number of carbonyl (C=O) groups excluding carboxylic acids is 2. The maximum atomic E-state index is 11.4. The summed E-state index contributed by atoms with van der Waals surface area (Å²) in [6.45, 7) is -1.26. The second-order valence-electron chi connectivity index (χ2n) is 5.76. The number of allylic oxidation sites excluding steroid dienone is 2. The summed E-state index contributed by atoms with van der Waals surface area (Å²) in [5.41, 5.74) is -0.122. The Hall–Kier alpha value is -1.66. The highest BCUT2D eigenvalue weighted by Crippen LogP contribution is 2.59. The molecule has 0 aliphatic heterocycles. The van der Waals surface area contributed by atoms with Crippen LogP contribution in [0.4, 0.5) is 0 Å². The standard InChI is InChI=1S/C16H22O6/c17-10-21-14(19)5-4-13-6-8-16(13,12-2-1-3-12)9-7-15(20)22-11-18/h4-5,7,9,12-13,17-18H,1-3,6,8,10-11H2. The van der Waals surface area contributed by atoms with Crippen LogP contribution in [0, 0.1) is 17.3 Å². The predicted molar refractivity (Wildman–Crippen MR) is 77.1 cm³/mol. The Morgan fingerprint density at radius 3 is 2.14 bits per heavy atom. The van der Waals surface area contributed by atoms with E-state index in [4.69, 9.17) is 10.2 Å². The minimum atomic E-state index is -0.630. The van der Waals surface area contributed by atoms with Crippen molar-refractivity contribution in [2.75, 3.05) is 13.6 Å². The van der Waals surface area contributed by atoms with Gasteiger partial charge in [-0.1, -0.05) is 18.6 Å². The summed E-state index contributed by atoms with van der Waals surface area (Å²) < 4.78 is 8.98. The van der Waals surface area contributed by atoms with Gasteiger partial charge < -0.3 is 19.7 Å². The molecule has 2 unspecified atom stereocenters. The molecule has 2 N–H and O–H groups in total. The second kappa shape index (κ2) is 7.56. The zero-order chi connectivity index (χ0) is 16.0. The van der Waals surface area contributed by atoms with E-state index in [1.807, 2.05) is 12.2 Å². The van der Waals surface area contributed by atoms with Crippen molar-refractivity contribution in [3.8, 4) is 0 Å². The summed E-state index contributed by atoms with van der Waals surface area (Å²) in [5.74, 6) is -0.457. The van der Waals surface area contributed by atoms with Crippen molar-refractivity contribution in [1.82, 2.24) is 0 Å². The lowest BCUT2D eigenvalue weighted by molar-refractivity contribution is -0.146. The van der Waals surface area contributed by atoms with Gasteiger partial charge in [-0.15, -0.1) is 0 Å². The van der Waals surface area contributed by atoms with Crippen molar-refractivity contribution in [2.24, 2.45) is 17.3 Å². The SMILES string of the molecule is O=C(C=CC1CCC1(C=CC(=O)OCO)C1CCC1)OCO. The van der Waals surface area contributed by atoms with Gasteiger partial charge in [0.05, 0.1) is 0 Å². The molecule has 0 spiro atoms. The Kier molecular flexibility index (Phi) is 5.74. The molecule has 6 nitrogen and oxygen atoms in total. The smallest absolute Gasteiger partial charge is 0.332 e. The number of esters is 2. The molecule has 0 radical (unpaired) electrons. The molecule has 2 fully saturated rings.